The fourth-order valence-electron chi connectivity index (χ4n) is 3.22. The van der Waals surface area contributed by atoms with Crippen LogP contribution in [0, 0.1) is 0 Å². The second-order valence-corrected chi connectivity index (χ2v) is 7.86. The van der Waals surface area contributed by atoms with Crippen molar-refractivity contribution in [2.75, 3.05) is 12.1 Å². The van der Waals surface area contributed by atoms with Gasteiger partial charge in [0.2, 0.25) is 12.7 Å². The second kappa shape index (κ2) is 9.39. The van der Waals surface area contributed by atoms with Crippen molar-refractivity contribution in [2.24, 2.45) is 0 Å². The average Bonchev–Trinajstić information content (AvgIpc) is 3.45. The van der Waals surface area contributed by atoms with Crippen molar-refractivity contribution in [2.45, 2.75) is 25.2 Å². The highest BCUT2D eigenvalue weighted by molar-refractivity contribution is 7.15. The van der Waals surface area contributed by atoms with Crippen LogP contribution in [0.1, 0.15) is 28.3 Å². The number of hydrogen-bond donors (Lipinski definition) is 1. The maximum atomic E-state index is 12.3. The van der Waals surface area contributed by atoms with Crippen LogP contribution in [-0.4, -0.2) is 17.7 Å². The number of nitrogens with one attached hydrogen (secondary N) is 1. The van der Waals surface area contributed by atoms with Crippen molar-refractivity contribution in [1.29, 1.82) is 0 Å². The Balaban J connectivity index is 1.41. The van der Waals surface area contributed by atoms with Crippen LogP contribution >= 0.6 is 11.3 Å². The molecule has 1 aromatic heterocycles. The van der Waals surface area contributed by atoms with Crippen molar-refractivity contribution in [3.63, 3.8) is 0 Å². The van der Waals surface area contributed by atoms with E-state index in [-0.39, 0.29) is 18.6 Å². The number of aryl methyl sites for hydroxylation is 1. The first-order valence-electron chi connectivity index (χ1n) is 9.56. The summed E-state index contributed by atoms with van der Waals surface area (Å²) in [7, 11) is 0. The van der Waals surface area contributed by atoms with Crippen LogP contribution < -0.4 is 5.32 Å². The minimum atomic E-state index is -0.0333. The van der Waals surface area contributed by atoms with E-state index < -0.39 is 0 Å². The molecule has 4 rings (SSSR count). The number of hydrogen-bond acceptors (Lipinski definition) is 5. The first-order chi connectivity index (χ1) is 14.3. The number of allylic oxidation sites excluding steroid dienone is 1. The molecule has 1 atom stereocenters. The van der Waals surface area contributed by atoms with Crippen LogP contribution in [-0.2, 0) is 27.1 Å². The molecule has 0 saturated carbocycles. The van der Waals surface area contributed by atoms with Crippen LogP contribution in [0.15, 0.2) is 78.9 Å². The standard InChI is InChI=1S/C23H22N2O3S/c26-22(12-11-17-7-3-1-4-8-17)25-23-24-14-21(29-23)19(20-15-27-16-28-20)13-18-9-5-2-6-10-18/h1-10,14-15,19H,11-13,16H2,(H,24,25,26). The number of ether oxygens (including phenoxy) is 2. The van der Waals surface area contributed by atoms with Gasteiger partial charge >= 0.3 is 0 Å². The summed E-state index contributed by atoms with van der Waals surface area (Å²) in [6.07, 6.45) is 5.40. The van der Waals surface area contributed by atoms with Gasteiger partial charge in [-0.2, -0.15) is 0 Å². The molecule has 0 radical (unpaired) electrons. The molecule has 0 saturated heterocycles. The molecule has 1 aliphatic rings. The van der Waals surface area contributed by atoms with E-state index in [4.69, 9.17) is 9.47 Å². The first kappa shape index (κ1) is 19.2. The normalized spacial score (nSPS) is 13.9. The van der Waals surface area contributed by atoms with Crippen LogP contribution in [0.4, 0.5) is 5.13 Å². The lowest BCUT2D eigenvalue weighted by molar-refractivity contribution is -0.116. The van der Waals surface area contributed by atoms with Crippen molar-refractivity contribution in [3.05, 3.63) is 94.9 Å². The lowest BCUT2D eigenvalue weighted by atomic mass is 9.96. The van der Waals surface area contributed by atoms with Gasteiger partial charge in [0.1, 0.15) is 12.0 Å². The van der Waals surface area contributed by atoms with Crippen molar-refractivity contribution in [3.8, 4) is 0 Å². The summed E-state index contributed by atoms with van der Waals surface area (Å²) in [5.74, 6) is 0.765. The van der Waals surface area contributed by atoms with Gasteiger partial charge in [0.25, 0.3) is 0 Å². The molecule has 0 spiro atoms. The molecule has 3 aromatic rings. The number of carbonyl (C=O) groups excluding carboxylic acids is 1. The van der Waals surface area contributed by atoms with Gasteiger partial charge in [0.15, 0.2) is 5.13 Å². The zero-order chi connectivity index (χ0) is 19.9. The molecule has 1 amide bonds. The molecule has 0 aliphatic carbocycles. The van der Waals surface area contributed by atoms with E-state index in [0.29, 0.717) is 18.0 Å². The predicted molar refractivity (Wildman–Crippen MR) is 114 cm³/mol. The summed E-state index contributed by atoms with van der Waals surface area (Å²) in [5.41, 5.74) is 2.35. The van der Waals surface area contributed by atoms with Crippen LogP contribution in [0.25, 0.3) is 0 Å². The molecule has 148 valence electrons. The topological polar surface area (TPSA) is 60.5 Å². The molecule has 2 aromatic carbocycles. The monoisotopic (exact) mass is 406 g/mol. The first-order valence-corrected chi connectivity index (χ1v) is 10.4. The van der Waals surface area contributed by atoms with Crippen LogP contribution in [0.2, 0.25) is 0 Å². The Hall–Kier alpha value is -3.12. The number of anilines is 1. The van der Waals surface area contributed by atoms with Gasteiger partial charge in [-0.3, -0.25) is 4.79 Å². The third-order valence-corrected chi connectivity index (χ3v) is 5.74. The minimum absolute atomic E-state index is 0.00682. The summed E-state index contributed by atoms with van der Waals surface area (Å²) < 4.78 is 10.9. The van der Waals surface area contributed by atoms with Crippen molar-refractivity contribution < 1.29 is 14.3 Å². The van der Waals surface area contributed by atoms with E-state index >= 15 is 0 Å². The molecule has 2 heterocycles. The Labute approximate surface area is 174 Å². The van der Waals surface area contributed by atoms with E-state index in [1.807, 2.05) is 54.7 Å². The second-order valence-electron chi connectivity index (χ2n) is 6.79. The summed E-state index contributed by atoms with van der Waals surface area (Å²) in [4.78, 5) is 17.8. The van der Waals surface area contributed by atoms with Gasteiger partial charge in [-0.05, 0) is 24.0 Å². The Bertz CT molecular complexity index is 970. The number of nitrogens with zero attached hydrogens (tertiary/aromatic N) is 1. The van der Waals surface area contributed by atoms with Gasteiger partial charge in [-0.25, -0.2) is 4.98 Å². The maximum Gasteiger partial charge on any atom is 0.229 e. The highest BCUT2D eigenvalue weighted by atomic mass is 32.1. The summed E-state index contributed by atoms with van der Waals surface area (Å²) >= 11 is 1.48. The van der Waals surface area contributed by atoms with Crippen LogP contribution in [0.5, 0.6) is 0 Å². The highest BCUT2D eigenvalue weighted by Gasteiger charge is 2.25. The smallest absolute Gasteiger partial charge is 0.229 e. The zero-order valence-corrected chi connectivity index (χ0v) is 16.7. The van der Waals surface area contributed by atoms with E-state index in [1.165, 1.54) is 16.9 Å². The average molecular weight is 407 g/mol. The number of rotatable bonds is 8. The fourth-order valence-corrected chi connectivity index (χ4v) is 4.16. The minimum Gasteiger partial charge on any atom is -0.462 e. The summed E-state index contributed by atoms with van der Waals surface area (Å²) in [6, 6.07) is 20.2. The van der Waals surface area contributed by atoms with Crippen molar-refractivity contribution in [1.82, 2.24) is 4.98 Å². The van der Waals surface area contributed by atoms with E-state index in [2.05, 4.69) is 22.4 Å². The molecule has 5 nitrogen and oxygen atoms in total. The fraction of sp³-hybridized carbons (Fsp3) is 0.217. The van der Waals surface area contributed by atoms with Gasteiger partial charge < -0.3 is 14.8 Å². The van der Waals surface area contributed by atoms with Gasteiger partial charge in [0, 0.05) is 17.5 Å². The largest absolute Gasteiger partial charge is 0.462 e. The predicted octanol–water partition coefficient (Wildman–Crippen LogP) is 4.89. The maximum absolute atomic E-state index is 12.3. The zero-order valence-electron chi connectivity index (χ0n) is 15.9. The molecule has 0 bridgehead atoms. The lowest BCUT2D eigenvalue weighted by Crippen LogP contribution is -2.12. The number of carbonyl (C=O) groups is 1. The molecule has 29 heavy (non-hydrogen) atoms. The van der Waals surface area contributed by atoms with Gasteiger partial charge in [-0.1, -0.05) is 60.7 Å². The number of aromatic nitrogens is 1. The van der Waals surface area contributed by atoms with E-state index in [9.17, 15) is 4.79 Å². The lowest BCUT2D eigenvalue weighted by Gasteiger charge is -2.15. The number of thiazole rings is 1. The molecule has 1 unspecified atom stereocenters. The summed E-state index contributed by atoms with van der Waals surface area (Å²) in [5, 5.41) is 3.53. The third kappa shape index (κ3) is 5.23. The molecule has 1 N–H and O–H groups in total. The summed E-state index contributed by atoms with van der Waals surface area (Å²) in [6.45, 7) is 0.239. The Morgan fingerprint density at radius 1 is 1.07 bits per heavy atom. The number of amides is 1. The quantitative estimate of drug-likeness (QED) is 0.579. The molecule has 6 heteroatoms. The molecular formula is C23H22N2O3S. The Kier molecular flexibility index (Phi) is 6.22. The highest BCUT2D eigenvalue weighted by Crippen LogP contribution is 2.36. The van der Waals surface area contributed by atoms with Crippen molar-refractivity contribution >= 4 is 22.4 Å². The van der Waals surface area contributed by atoms with Crippen LogP contribution in [0.3, 0.4) is 0 Å². The Morgan fingerprint density at radius 3 is 2.48 bits per heavy atom. The number of benzene rings is 2. The van der Waals surface area contributed by atoms with Gasteiger partial charge in [0.05, 0.1) is 5.92 Å². The molecular weight excluding hydrogens is 384 g/mol. The SMILES string of the molecule is O=C(CCc1ccccc1)Nc1ncc(C(Cc2ccccc2)C2=COCO2)s1. The third-order valence-electron chi connectivity index (χ3n) is 4.72. The molecule has 1 aliphatic heterocycles. The Morgan fingerprint density at radius 2 is 1.79 bits per heavy atom. The van der Waals surface area contributed by atoms with E-state index in [1.54, 1.807) is 6.26 Å². The van der Waals surface area contributed by atoms with E-state index in [0.717, 1.165) is 22.6 Å². The molecule has 0 fully saturated rings. The van der Waals surface area contributed by atoms with Gasteiger partial charge in [-0.15, -0.1) is 11.3 Å².